The van der Waals surface area contributed by atoms with E-state index in [0.717, 1.165) is 31.4 Å². The molecule has 2 nitrogen and oxygen atoms in total. The molecule has 1 heterocycles. The minimum absolute atomic E-state index is 0.186. The molecule has 0 atom stereocenters. The minimum Gasteiger partial charge on any atom is -0.315 e. The molecule has 2 heteroatoms. The number of nitrogens with zero attached hydrogens (tertiary/aromatic N) is 1. The minimum atomic E-state index is 0.186. The SMILES string of the molecule is CCCc1cccn(CCC)c1=O. The van der Waals surface area contributed by atoms with Gasteiger partial charge in [0.25, 0.3) is 5.56 Å². The zero-order valence-corrected chi connectivity index (χ0v) is 8.42. The first kappa shape index (κ1) is 10.0. The molecule has 13 heavy (non-hydrogen) atoms. The van der Waals surface area contributed by atoms with Gasteiger partial charge >= 0.3 is 0 Å². The Morgan fingerprint density at radius 1 is 1.31 bits per heavy atom. The van der Waals surface area contributed by atoms with Crippen LogP contribution in [0.1, 0.15) is 32.3 Å². The summed E-state index contributed by atoms with van der Waals surface area (Å²) in [7, 11) is 0. The molecule has 1 aromatic heterocycles. The van der Waals surface area contributed by atoms with Crippen LogP contribution in [0.15, 0.2) is 23.1 Å². The van der Waals surface area contributed by atoms with Crippen molar-refractivity contribution in [2.24, 2.45) is 0 Å². The first-order valence-electron chi connectivity index (χ1n) is 4.98. The fourth-order valence-corrected chi connectivity index (χ4v) is 1.46. The van der Waals surface area contributed by atoms with Crippen molar-refractivity contribution in [3.8, 4) is 0 Å². The summed E-state index contributed by atoms with van der Waals surface area (Å²) in [4.78, 5) is 11.7. The first-order chi connectivity index (χ1) is 6.29. The van der Waals surface area contributed by atoms with Crippen molar-refractivity contribution in [1.82, 2.24) is 4.57 Å². The van der Waals surface area contributed by atoms with Crippen LogP contribution in [0.4, 0.5) is 0 Å². The van der Waals surface area contributed by atoms with Crippen LogP contribution in [0.25, 0.3) is 0 Å². The molecule has 1 aromatic rings. The summed E-state index contributed by atoms with van der Waals surface area (Å²) < 4.78 is 1.80. The number of rotatable bonds is 4. The molecule has 0 unspecified atom stereocenters. The maximum absolute atomic E-state index is 11.7. The van der Waals surface area contributed by atoms with Crippen LogP contribution in [-0.4, -0.2) is 4.57 Å². The third-order valence-electron chi connectivity index (χ3n) is 2.08. The average molecular weight is 179 g/mol. The predicted octanol–water partition coefficient (Wildman–Crippen LogP) is 2.21. The molecule has 0 radical (unpaired) electrons. The highest BCUT2D eigenvalue weighted by atomic mass is 16.1. The Labute approximate surface area is 79.2 Å². The van der Waals surface area contributed by atoms with Gasteiger partial charge in [-0.1, -0.05) is 26.3 Å². The van der Waals surface area contributed by atoms with Crippen LogP contribution in [-0.2, 0) is 13.0 Å². The van der Waals surface area contributed by atoms with E-state index in [9.17, 15) is 4.79 Å². The lowest BCUT2D eigenvalue weighted by molar-refractivity contribution is 0.645. The third kappa shape index (κ3) is 2.44. The highest BCUT2D eigenvalue weighted by Crippen LogP contribution is 1.96. The molecule has 0 aliphatic carbocycles. The Morgan fingerprint density at radius 2 is 2.08 bits per heavy atom. The lowest BCUT2D eigenvalue weighted by atomic mass is 10.2. The van der Waals surface area contributed by atoms with E-state index in [2.05, 4.69) is 13.8 Å². The molecule has 0 aliphatic rings. The van der Waals surface area contributed by atoms with Gasteiger partial charge in [-0.3, -0.25) is 4.79 Å². The highest BCUT2D eigenvalue weighted by Gasteiger charge is 2.00. The molecule has 0 aliphatic heterocycles. The van der Waals surface area contributed by atoms with E-state index in [1.165, 1.54) is 0 Å². The van der Waals surface area contributed by atoms with Gasteiger partial charge in [0.1, 0.15) is 0 Å². The first-order valence-corrected chi connectivity index (χ1v) is 4.98. The van der Waals surface area contributed by atoms with E-state index in [-0.39, 0.29) is 5.56 Å². The van der Waals surface area contributed by atoms with E-state index in [4.69, 9.17) is 0 Å². The standard InChI is InChI=1S/C11H17NO/c1-3-6-10-7-5-9-12(8-4-2)11(10)13/h5,7,9H,3-4,6,8H2,1-2H3. The summed E-state index contributed by atoms with van der Waals surface area (Å²) in [6.45, 7) is 5.01. The van der Waals surface area contributed by atoms with Crippen molar-refractivity contribution in [2.45, 2.75) is 39.7 Å². The summed E-state index contributed by atoms with van der Waals surface area (Å²) in [6.07, 6.45) is 4.80. The van der Waals surface area contributed by atoms with Crippen molar-refractivity contribution >= 4 is 0 Å². The Bertz CT molecular complexity index is 287. The lowest BCUT2D eigenvalue weighted by Crippen LogP contribution is -2.22. The van der Waals surface area contributed by atoms with Crippen LogP contribution in [0, 0.1) is 0 Å². The van der Waals surface area contributed by atoms with Crippen LogP contribution in [0.5, 0.6) is 0 Å². The summed E-state index contributed by atoms with van der Waals surface area (Å²) in [5.74, 6) is 0. The highest BCUT2D eigenvalue weighted by molar-refractivity contribution is 5.10. The molecule has 72 valence electrons. The fourth-order valence-electron chi connectivity index (χ4n) is 1.46. The van der Waals surface area contributed by atoms with Crippen molar-refractivity contribution in [3.63, 3.8) is 0 Å². The molecule has 1 rings (SSSR count). The largest absolute Gasteiger partial charge is 0.315 e. The summed E-state index contributed by atoms with van der Waals surface area (Å²) in [5.41, 5.74) is 1.13. The topological polar surface area (TPSA) is 22.0 Å². The van der Waals surface area contributed by atoms with Crippen LogP contribution in [0.3, 0.4) is 0 Å². The van der Waals surface area contributed by atoms with Gasteiger partial charge in [-0.2, -0.15) is 0 Å². The lowest BCUT2D eigenvalue weighted by Gasteiger charge is -2.05. The monoisotopic (exact) mass is 179 g/mol. The van der Waals surface area contributed by atoms with E-state index in [0.29, 0.717) is 0 Å². The maximum atomic E-state index is 11.7. The molecular weight excluding hydrogens is 162 g/mol. The summed E-state index contributed by atoms with van der Waals surface area (Å²) >= 11 is 0. The molecule has 0 aromatic carbocycles. The van der Waals surface area contributed by atoms with E-state index >= 15 is 0 Å². The van der Waals surface area contributed by atoms with Crippen molar-refractivity contribution in [1.29, 1.82) is 0 Å². The molecule has 0 fully saturated rings. The van der Waals surface area contributed by atoms with Gasteiger partial charge in [0.05, 0.1) is 0 Å². The van der Waals surface area contributed by atoms with Crippen LogP contribution < -0.4 is 5.56 Å². The Balaban J connectivity index is 2.97. The number of hydrogen-bond donors (Lipinski definition) is 0. The molecule has 0 saturated heterocycles. The van der Waals surface area contributed by atoms with E-state index < -0.39 is 0 Å². The predicted molar refractivity (Wildman–Crippen MR) is 55.0 cm³/mol. The second-order valence-electron chi connectivity index (χ2n) is 3.28. The van der Waals surface area contributed by atoms with E-state index in [1.54, 1.807) is 4.57 Å². The maximum Gasteiger partial charge on any atom is 0.253 e. The second-order valence-corrected chi connectivity index (χ2v) is 3.28. The number of aromatic nitrogens is 1. The molecular formula is C11H17NO. The van der Waals surface area contributed by atoms with Crippen molar-refractivity contribution in [3.05, 3.63) is 34.2 Å². The van der Waals surface area contributed by atoms with Gasteiger partial charge in [-0.25, -0.2) is 0 Å². The third-order valence-corrected chi connectivity index (χ3v) is 2.08. The van der Waals surface area contributed by atoms with E-state index in [1.807, 2.05) is 18.3 Å². The van der Waals surface area contributed by atoms with Crippen LogP contribution >= 0.6 is 0 Å². The number of pyridine rings is 1. The smallest absolute Gasteiger partial charge is 0.253 e. The Morgan fingerprint density at radius 3 is 2.69 bits per heavy atom. The van der Waals surface area contributed by atoms with Crippen molar-refractivity contribution < 1.29 is 0 Å². The van der Waals surface area contributed by atoms with Gasteiger partial charge in [0.15, 0.2) is 0 Å². The summed E-state index contributed by atoms with van der Waals surface area (Å²) in [6, 6.07) is 3.89. The molecule has 0 saturated carbocycles. The summed E-state index contributed by atoms with van der Waals surface area (Å²) in [5, 5.41) is 0. The van der Waals surface area contributed by atoms with Gasteiger partial charge in [0, 0.05) is 18.3 Å². The van der Waals surface area contributed by atoms with Gasteiger partial charge < -0.3 is 4.57 Å². The van der Waals surface area contributed by atoms with Gasteiger partial charge in [-0.15, -0.1) is 0 Å². The molecule has 0 spiro atoms. The average Bonchev–Trinajstić information content (AvgIpc) is 2.13. The second kappa shape index (κ2) is 4.85. The Hall–Kier alpha value is -1.05. The number of aryl methyl sites for hydroxylation is 2. The zero-order valence-electron chi connectivity index (χ0n) is 8.42. The molecule has 0 N–H and O–H groups in total. The van der Waals surface area contributed by atoms with Gasteiger partial charge in [-0.05, 0) is 18.9 Å². The number of hydrogen-bond acceptors (Lipinski definition) is 1. The van der Waals surface area contributed by atoms with Crippen molar-refractivity contribution in [2.75, 3.05) is 0 Å². The fraction of sp³-hybridized carbons (Fsp3) is 0.545. The van der Waals surface area contributed by atoms with Gasteiger partial charge in [0.2, 0.25) is 0 Å². The normalized spacial score (nSPS) is 10.3. The van der Waals surface area contributed by atoms with Crippen LogP contribution in [0.2, 0.25) is 0 Å². The zero-order chi connectivity index (χ0) is 9.68. The Kier molecular flexibility index (Phi) is 3.74. The molecule has 0 bridgehead atoms. The quantitative estimate of drug-likeness (QED) is 0.694. The molecule has 0 amide bonds.